The first-order valence-corrected chi connectivity index (χ1v) is 5.94. The second-order valence-electron chi connectivity index (χ2n) is 3.43. The molecule has 0 radical (unpaired) electrons. The van der Waals surface area contributed by atoms with Gasteiger partial charge in [-0.25, -0.2) is 4.79 Å². The molecule has 88 valence electrons. The number of thioether (sulfide) groups is 1. The lowest BCUT2D eigenvalue weighted by molar-refractivity contribution is 0.0661. The van der Waals surface area contributed by atoms with E-state index in [1.54, 1.807) is 17.8 Å². The summed E-state index contributed by atoms with van der Waals surface area (Å²) in [6.45, 7) is 0. The zero-order valence-electron chi connectivity index (χ0n) is 8.92. The molecular weight excluding hydrogens is 238 g/mol. The van der Waals surface area contributed by atoms with Gasteiger partial charge in [0, 0.05) is 10.6 Å². The summed E-state index contributed by atoms with van der Waals surface area (Å²) in [7, 11) is 0. The quantitative estimate of drug-likeness (QED) is 0.643. The molecule has 0 unspecified atom stereocenters. The number of aromatic carboxylic acids is 1. The van der Waals surface area contributed by atoms with Gasteiger partial charge in [0.05, 0.1) is 5.75 Å². The first-order valence-electron chi connectivity index (χ1n) is 4.95. The van der Waals surface area contributed by atoms with Gasteiger partial charge in [-0.3, -0.25) is 0 Å². The number of furan rings is 1. The van der Waals surface area contributed by atoms with Crippen molar-refractivity contribution in [3.05, 3.63) is 47.9 Å². The highest BCUT2D eigenvalue weighted by Gasteiger charge is 2.08. The van der Waals surface area contributed by atoms with Crippen LogP contribution in [0.5, 0.6) is 0 Å². The van der Waals surface area contributed by atoms with Crippen LogP contribution in [0.2, 0.25) is 0 Å². The fourth-order valence-electron chi connectivity index (χ4n) is 1.29. The molecule has 0 aliphatic rings. The molecule has 0 saturated heterocycles. The third-order valence-corrected chi connectivity index (χ3v) is 3.17. The van der Waals surface area contributed by atoms with Crippen LogP contribution in [0.1, 0.15) is 16.3 Å². The Morgan fingerprint density at radius 2 is 1.94 bits per heavy atom. The summed E-state index contributed by atoms with van der Waals surface area (Å²) in [6.07, 6.45) is 0. The van der Waals surface area contributed by atoms with Gasteiger partial charge < -0.3 is 15.3 Å². The number of nitrogen functional groups attached to an aromatic ring is 1. The first-order chi connectivity index (χ1) is 8.15. The van der Waals surface area contributed by atoms with Crippen molar-refractivity contribution in [2.45, 2.75) is 10.6 Å². The summed E-state index contributed by atoms with van der Waals surface area (Å²) in [6, 6.07) is 10.6. The van der Waals surface area contributed by atoms with E-state index >= 15 is 0 Å². The lowest BCUT2D eigenvalue weighted by Gasteiger charge is -1.99. The highest BCUT2D eigenvalue weighted by Crippen LogP contribution is 2.24. The maximum Gasteiger partial charge on any atom is 0.371 e. The highest BCUT2D eigenvalue weighted by molar-refractivity contribution is 7.98. The van der Waals surface area contributed by atoms with Crippen LogP contribution in [-0.2, 0) is 5.75 Å². The molecule has 0 saturated carbocycles. The first kappa shape index (κ1) is 11.6. The number of carbonyl (C=O) groups is 1. The van der Waals surface area contributed by atoms with E-state index in [-0.39, 0.29) is 5.76 Å². The van der Waals surface area contributed by atoms with Crippen molar-refractivity contribution in [3.63, 3.8) is 0 Å². The zero-order chi connectivity index (χ0) is 12.3. The smallest absolute Gasteiger partial charge is 0.371 e. The van der Waals surface area contributed by atoms with E-state index in [1.165, 1.54) is 6.07 Å². The highest BCUT2D eigenvalue weighted by atomic mass is 32.2. The molecule has 4 nitrogen and oxygen atoms in total. The van der Waals surface area contributed by atoms with E-state index in [9.17, 15) is 4.79 Å². The van der Waals surface area contributed by atoms with Crippen LogP contribution in [0.4, 0.5) is 5.69 Å². The standard InChI is InChI=1S/C12H11NO3S/c13-8-1-4-10(5-2-8)17-7-9-3-6-11(16-9)12(14)15/h1-6H,7,13H2,(H,14,15). The number of hydrogen-bond donors (Lipinski definition) is 2. The molecule has 2 aromatic rings. The van der Waals surface area contributed by atoms with Gasteiger partial charge in [-0.05, 0) is 36.4 Å². The van der Waals surface area contributed by atoms with Gasteiger partial charge in [-0.2, -0.15) is 0 Å². The third-order valence-electron chi connectivity index (χ3n) is 2.13. The minimum Gasteiger partial charge on any atom is -0.475 e. The van der Waals surface area contributed by atoms with E-state index in [1.807, 2.05) is 24.3 Å². The summed E-state index contributed by atoms with van der Waals surface area (Å²) in [5.41, 5.74) is 6.30. The van der Waals surface area contributed by atoms with Crippen molar-refractivity contribution in [2.75, 3.05) is 5.73 Å². The Labute approximate surface area is 102 Å². The normalized spacial score (nSPS) is 10.4. The van der Waals surface area contributed by atoms with Crippen LogP contribution in [0.25, 0.3) is 0 Å². The fourth-order valence-corrected chi connectivity index (χ4v) is 2.08. The minimum absolute atomic E-state index is 0.0297. The lowest BCUT2D eigenvalue weighted by Crippen LogP contribution is -1.91. The monoisotopic (exact) mass is 249 g/mol. The topological polar surface area (TPSA) is 76.5 Å². The summed E-state index contributed by atoms with van der Waals surface area (Å²) >= 11 is 1.57. The second-order valence-corrected chi connectivity index (χ2v) is 4.48. The number of carboxylic acid groups (broad SMARTS) is 1. The van der Waals surface area contributed by atoms with Crippen LogP contribution in [0.15, 0.2) is 45.7 Å². The maximum absolute atomic E-state index is 10.6. The minimum atomic E-state index is -1.05. The lowest BCUT2D eigenvalue weighted by atomic mass is 10.3. The fraction of sp³-hybridized carbons (Fsp3) is 0.0833. The largest absolute Gasteiger partial charge is 0.475 e. The number of rotatable bonds is 4. The van der Waals surface area contributed by atoms with Gasteiger partial charge in [-0.1, -0.05) is 0 Å². The molecule has 0 aliphatic carbocycles. The molecule has 0 fully saturated rings. The molecule has 0 bridgehead atoms. The Hall–Kier alpha value is -1.88. The number of carboxylic acids is 1. The van der Waals surface area contributed by atoms with E-state index in [2.05, 4.69) is 0 Å². The molecule has 1 aromatic carbocycles. The molecule has 17 heavy (non-hydrogen) atoms. The van der Waals surface area contributed by atoms with Gasteiger partial charge in [0.15, 0.2) is 0 Å². The van der Waals surface area contributed by atoms with Crippen LogP contribution < -0.4 is 5.73 Å². The Kier molecular flexibility index (Phi) is 3.39. The van der Waals surface area contributed by atoms with Crippen LogP contribution >= 0.6 is 11.8 Å². The molecule has 1 aromatic heterocycles. The maximum atomic E-state index is 10.6. The molecule has 0 spiro atoms. The summed E-state index contributed by atoms with van der Waals surface area (Å²) in [4.78, 5) is 11.7. The van der Waals surface area contributed by atoms with Gasteiger partial charge in [0.2, 0.25) is 5.76 Å². The second kappa shape index (κ2) is 4.97. The number of benzene rings is 1. The summed E-state index contributed by atoms with van der Waals surface area (Å²) in [5, 5.41) is 8.70. The summed E-state index contributed by atoms with van der Waals surface area (Å²) < 4.78 is 5.15. The van der Waals surface area contributed by atoms with E-state index < -0.39 is 5.97 Å². The van der Waals surface area contributed by atoms with E-state index in [0.717, 1.165) is 10.6 Å². The van der Waals surface area contributed by atoms with Crippen LogP contribution in [0.3, 0.4) is 0 Å². The predicted octanol–water partition coefficient (Wildman–Crippen LogP) is 2.85. The van der Waals surface area contributed by atoms with Gasteiger partial charge in [0.25, 0.3) is 0 Å². The Bertz CT molecular complexity index is 519. The van der Waals surface area contributed by atoms with Crippen molar-refractivity contribution in [1.29, 1.82) is 0 Å². The number of nitrogens with two attached hydrogens (primary N) is 1. The van der Waals surface area contributed by atoms with Gasteiger partial charge in [0.1, 0.15) is 5.76 Å². The third kappa shape index (κ3) is 3.04. The Morgan fingerprint density at radius 3 is 2.53 bits per heavy atom. The van der Waals surface area contributed by atoms with Gasteiger partial charge in [-0.15, -0.1) is 11.8 Å². The molecule has 1 heterocycles. The molecular formula is C12H11NO3S. The van der Waals surface area contributed by atoms with Crippen molar-refractivity contribution in [2.24, 2.45) is 0 Å². The molecule has 3 N–H and O–H groups in total. The van der Waals surface area contributed by atoms with Crippen LogP contribution in [-0.4, -0.2) is 11.1 Å². The number of hydrogen-bond acceptors (Lipinski definition) is 4. The average Bonchev–Trinajstić information content (AvgIpc) is 2.77. The van der Waals surface area contributed by atoms with Crippen molar-refractivity contribution < 1.29 is 14.3 Å². The van der Waals surface area contributed by atoms with Crippen molar-refractivity contribution >= 4 is 23.4 Å². The van der Waals surface area contributed by atoms with Crippen LogP contribution in [0, 0.1) is 0 Å². The Morgan fingerprint density at radius 1 is 1.24 bits per heavy atom. The molecule has 5 heteroatoms. The predicted molar refractivity (Wildman–Crippen MR) is 66.1 cm³/mol. The SMILES string of the molecule is Nc1ccc(SCc2ccc(C(=O)O)o2)cc1. The van der Waals surface area contributed by atoms with E-state index in [0.29, 0.717) is 11.5 Å². The van der Waals surface area contributed by atoms with Crippen molar-refractivity contribution in [1.82, 2.24) is 0 Å². The van der Waals surface area contributed by atoms with Crippen molar-refractivity contribution in [3.8, 4) is 0 Å². The zero-order valence-corrected chi connectivity index (χ0v) is 9.74. The van der Waals surface area contributed by atoms with E-state index in [4.69, 9.17) is 15.3 Å². The Balaban J connectivity index is 1.97. The van der Waals surface area contributed by atoms with Gasteiger partial charge >= 0.3 is 5.97 Å². The average molecular weight is 249 g/mol. The molecule has 0 aliphatic heterocycles. The summed E-state index contributed by atoms with van der Waals surface area (Å²) in [5.74, 6) is 0.160. The molecule has 0 atom stereocenters. The number of anilines is 1. The molecule has 0 amide bonds. The molecule has 2 rings (SSSR count).